The van der Waals surface area contributed by atoms with Gasteiger partial charge in [-0.3, -0.25) is 14.4 Å². The largest absolute Gasteiger partial charge is 0.462 e. The van der Waals surface area contributed by atoms with Crippen molar-refractivity contribution in [3.63, 3.8) is 0 Å². The fraction of sp³-hybridized carbons (Fsp3) is 0.714. The van der Waals surface area contributed by atoms with Gasteiger partial charge in [-0.25, -0.2) is 0 Å². The minimum atomic E-state index is -1.25. The van der Waals surface area contributed by atoms with Gasteiger partial charge in [0.1, 0.15) is 18.8 Å². The van der Waals surface area contributed by atoms with Crippen molar-refractivity contribution >= 4 is 23.8 Å². The van der Waals surface area contributed by atoms with Crippen LogP contribution in [0.25, 0.3) is 0 Å². The summed E-state index contributed by atoms with van der Waals surface area (Å²) in [7, 11) is 0. The highest BCUT2D eigenvalue weighted by Gasteiger charge is 2.57. The molecule has 0 unspecified atom stereocenters. The van der Waals surface area contributed by atoms with E-state index in [-0.39, 0.29) is 13.0 Å². The maximum atomic E-state index is 11.3. The maximum absolute atomic E-state index is 11.3. The van der Waals surface area contributed by atoms with Crippen molar-refractivity contribution in [2.75, 3.05) is 6.61 Å². The fourth-order valence-corrected chi connectivity index (χ4v) is 2.57. The molecular formula is C14H19NO8. The van der Waals surface area contributed by atoms with E-state index in [1.807, 2.05) is 0 Å². The summed E-state index contributed by atoms with van der Waals surface area (Å²) in [5, 5.41) is 0. The number of hydrogen-bond donors (Lipinski definition) is 0. The lowest BCUT2D eigenvalue weighted by Crippen LogP contribution is -2.45. The molecule has 0 aliphatic carbocycles. The van der Waals surface area contributed by atoms with E-state index in [4.69, 9.17) is 23.7 Å². The molecule has 128 valence electrons. The Labute approximate surface area is 132 Å². The van der Waals surface area contributed by atoms with Gasteiger partial charge in [-0.15, -0.1) is 0 Å². The molecule has 0 N–H and O–H groups in total. The Kier molecular flexibility index (Phi) is 4.88. The van der Waals surface area contributed by atoms with E-state index in [0.717, 1.165) is 0 Å². The lowest BCUT2D eigenvalue weighted by molar-refractivity contribution is -0.227. The van der Waals surface area contributed by atoms with Crippen molar-refractivity contribution in [2.45, 2.75) is 58.3 Å². The van der Waals surface area contributed by atoms with E-state index in [0.29, 0.717) is 5.90 Å². The van der Waals surface area contributed by atoms with E-state index < -0.39 is 42.1 Å². The van der Waals surface area contributed by atoms with Crippen LogP contribution < -0.4 is 0 Å². The Morgan fingerprint density at radius 3 is 2.39 bits per heavy atom. The number of carbonyl (C=O) groups excluding carboxylic acids is 3. The molecule has 4 atom stereocenters. The maximum Gasteiger partial charge on any atom is 0.320 e. The van der Waals surface area contributed by atoms with Crippen LogP contribution in [-0.2, 0) is 38.1 Å². The molecule has 0 aromatic carbocycles. The van der Waals surface area contributed by atoms with Gasteiger partial charge in [0.25, 0.3) is 0 Å². The van der Waals surface area contributed by atoms with Gasteiger partial charge >= 0.3 is 23.8 Å². The Morgan fingerprint density at radius 1 is 1.26 bits per heavy atom. The number of rotatable bonds is 5. The molecule has 9 heteroatoms. The van der Waals surface area contributed by atoms with Gasteiger partial charge in [0.05, 0.1) is 6.42 Å². The Hall–Kier alpha value is -2.16. The number of carbonyl (C=O) groups is 3. The quantitative estimate of drug-likeness (QED) is 0.523. The van der Waals surface area contributed by atoms with Gasteiger partial charge in [0.15, 0.2) is 12.0 Å². The third-order valence-electron chi connectivity index (χ3n) is 3.23. The summed E-state index contributed by atoms with van der Waals surface area (Å²) in [5.74, 6) is -2.44. The monoisotopic (exact) mass is 329 g/mol. The Morgan fingerprint density at radius 2 is 1.91 bits per heavy atom. The van der Waals surface area contributed by atoms with E-state index in [2.05, 4.69) is 4.99 Å². The van der Waals surface area contributed by atoms with Gasteiger partial charge in [-0.2, -0.15) is 4.99 Å². The average molecular weight is 329 g/mol. The molecule has 1 saturated heterocycles. The van der Waals surface area contributed by atoms with E-state index >= 15 is 0 Å². The third kappa shape index (κ3) is 4.19. The molecule has 0 aromatic rings. The molecule has 9 nitrogen and oxygen atoms in total. The van der Waals surface area contributed by atoms with Crippen molar-refractivity contribution in [1.82, 2.24) is 0 Å². The zero-order valence-corrected chi connectivity index (χ0v) is 13.4. The van der Waals surface area contributed by atoms with Crippen LogP contribution >= 0.6 is 0 Å². The molecule has 1 spiro atoms. The molecule has 2 aliphatic rings. The number of aliphatic imine (C=N–C) groups is 1. The molecule has 0 amide bonds. The molecule has 2 heterocycles. The predicted molar refractivity (Wildman–Crippen MR) is 74.2 cm³/mol. The summed E-state index contributed by atoms with van der Waals surface area (Å²) in [6.07, 6.45) is -2.39. The molecule has 2 rings (SSSR count). The van der Waals surface area contributed by atoms with Crippen LogP contribution in [-0.4, -0.2) is 54.6 Å². The van der Waals surface area contributed by atoms with Gasteiger partial charge in [-0.1, -0.05) is 0 Å². The normalized spacial score (nSPS) is 29.8. The average Bonchev–Trinajstić information content (AvgIpc) is 2.72. The zero-order valence-electron chi connectivity index (χ0n) is 13.4. The van der Waals surface area contributed by atoms with Gasteiger partial charge in [0.2, 0.25) is 0 Å². The fourth-order valence-electron chi connectivity index (χ4n) is 2.57. The first-order valence-corrected chi connectivity index (χ1v) is 7.12. The van der Waals surface area contributed by atoms with Crippen LogP contribution in [0.2, 0.25) is 0 Å². The molecule has 0 saturated carbocycles. The highest BCUT2D eigenvalue weighted by Crippen LogP contribution is 2.41. The third-order valence-corrected chi connectivity index (χ3v) is 3.23. The summed E-state index contributed by atoms with van der Waals surface area (Å²) in [6.45, 7) is 5.13. The second-order valence-corrected chi connectivity index (χ2v) is 5.33. The Bertz CT molecular complexity index is 545. The van der Waals surface area contributed by atoms with E-state index in [1.54, 1.807) is 6.92 Å². The van der Waals surface area contributed by atoms with Crippen LogP contribution in [0.1, 0.15) is 34.1 Å². The van der Waals surface area contributed by atoms with Crippen molar-refractivity contribution in [2.24, 2.45) is 4.99 Å². The van der Waals surface area contributed by atoms with Crippen molar-refractivity contribution in [1.29, 1.82) is 0 Å². The number of ether oxygens (including phenoxy) is 5. The molecule has 23 heavy (non-hydrogen) atoms. The summed E-state index contributed by atoms with van der Waals surface area (Å²) in [6, 6.07) is 0. The number of hydrogen-bond acceptors (Lipinski definition) is 9. The summed E-state index contributed by atoms with van der Waals surface area (Å²) in [4.78, 5) is 37.7. The second kappa shape index (κ2) is 6.53. The van der Waals surface area contributed by atoms with Crippen LogP contribution in [0, 0.1) is 0 Å². The van der Waals surface area contributed by atoms with Crippen molar-refractivity contribution in [3.8, 4) is 0 Å². The first kappa shape index (κ1) is 17.2. The minimum Gasteiger partial charge on any atom is -0.462 e. The van der Waals surface area contributed by atoms with Crippen LogP contribution in [0.4, 0.5) is 0 Å². The molecular weight excluding hydrogens is 310 g/mol. The highest BCUT2D eigenvalue weighted by atomic mass is 16.8. The first-order chi connectivity index (χ1) is 10.7. The van der Waals surface area contributed by atoms with Crippen LogP contribution in [0.5, 0.6) is 0 Å². The molecule has 1 fully saturated rings. The standard InChI is InChI=1S/C14H19NO8/c1-7-15-14(22-7)5-11(20-9(3)17)13(23-14)12(21-10(4)18)6-19-8(2)16/h11-13H,5-6H2,1-4H3/t11-,12-,13+,14-/m1/s1. The van der Waals surface area contributed by atoms with Crippen molar-refractivity contribution in [3.05, 3.63) is 0 Å². The second-order valence-electron chi connectivity index (χ2n) is 5.33. The molecule has 2 aliphatic heterocycles. The minimum absolute atomic E-state index is 0.159. The first-order valence-electron chi connectivity index (χ1n) is 7.12. The highest BCUT2D eigenvalue weighted by molar-refractivity contribution is 5.77. The van der Waals surface area contributed by atoms with Gasteiger partial charge in [0, 0.05) is 27.7 Å². The lowest BCUT2D eigenvalue weighted by atomic mass is 10.1. The number of nitrogens with zero attached hydrogens (tertiary/aromatic N) is 1. The summed E-state index contributed by atoms with van der Waals surface area (Å²) in [5.41, 5.74) is 0. The SMILES string of the molecule is CC(=O)OC[C@@H](OC(C)=O)[C@H]1O[C@]2(C[C@H]1OC(C)=O)N=C(C)O2. The molecule has 0 radical (unpaired) electrons. The van der Waals surface area contributed by atoms with Gasteiger partial charge < -0.3 is 23.7 Å². The summed E-state index contributed by atoms with van der Waals surface area (Å²) >= 11 is 0. The van der Waals surface area contributed by atoms with Crippen molar-refractivity contribution < 1.29 is 38.1 Å². The smallest absolute Gasteiger partial charge is 0.320 e. The summed E-state index contributed by atoms with van der Waals surface area (Å²) < 4.78 is 26.4. The Balaban J connectivity index is 2.16. The molecule has 0 aromatic heterocycles. The van der Waals surface area contributed by atoms with E-state index in [9.17, 15) is 14.4 Å². The zero-order chi connectivity index (χ0) is 17.2. The van der Waals surface area contributed by atoms with E-state index in [1.165, 1.54) is 20.8 Å². The lowest BCUT2D eigenvalue weighted by Gasteiger charge is -2.33. The van der Waals surface area contributed by atoms with Crippen LogP contribution in [0.15, 0.2) is 4.99 Å². The molecule has 0 bridgehead atoms. The topological polar surface area (TPSA) is 110 Å². The number of esters is 3. The van der Waals surface area contributed by atoms with Gasteiger partial charge in [-0.05, 0) is 0 Å². The van der Waals surface area contributed by atoms with Crippen LogP contribution in [0.3, 0.4) is 0 Å². The predicted octanol–water partition coefficient (Wildman–Crippen LogP) is 0.304.